The lowest BCUT2D eigenvalue weighted by atomic mass is 10.2. The van der Waals surface area contributed by atoms with Crippen molar-refractivity contribution in [2.75, 3.05) is 13.7 Å². The minimum atomic E-state index is -0.542. The standard InChI is InChI=1S/C24H19BrClN3O5/c1-33-21-12-15(6-11-20(21)34-24(32)18-4-2-3-5-19(18)25)13-28-29-22(30)14-27-23(31)16-7-9-17(26)10-8-16/h2-13H,14H2,1H3,(H,27,31)(H,29,30)/b28-13-. The molecule has 3 aromatic rings. The highest BCUT2D eigenvalue weighted by atomic mass is 79.9. The number of hydrogen-bond donors (Lipinski definition) is 2. The molecular formula is C24H19BrClN3O5. The molecule has 0 atom stereocenters. The fraction of sp³-hybridized carbons (Fsp3) is 0.0833. The summed E-state index contributed by atoms with van der Waals surface area (Å²) in [5, 5.41) is 6.86. The Morgan fingerprint density at radius 2 is 1.76 bits per heavy atom. The second-order valence-corrected chi connectivity index (χ2v) is 8.05. The number of halogens is 2. The van der Waals surface area contributed by atoms with E-state index >= 15 is 0 Å². The molecule has 0 radical (unpaired) electrons. The highest BCUT2D eigenvalue weighted by Crippen LogP contribution is 2.29. The van der Waals surface area contributed by atoms with Gasteiger partial charge in [0, 0.05) is 15.1 Å². The Bertz CT molecular complexity index is 1230. The van der Waals surface area contributed by atoms with Gasteiger partial charge in [-0.05, 0) is 76.1 Å². The third kappa shape index (κ3) is 6.90. The second kappa shape index (κ2) is 12.0. The molecule has 3 aromatic carbocycles. The average molecular weight is 545 g/mol. The largest absolute Gasteiger partial charge is 0.493 e. The summed E-state index contributed by atoms with van der Waals surface area (Å²) >= 11 is 9.11. The van der Waals surface area contributed by atoms with Gasteiger partial charge >= 0.3 is 5.97 Å². The summed E-state index contributed by atoms with van der Waals surface area (Å²) in [7, 11) is 1.44. The smallest absolute Gasteiger partial charge is 0.344 e. The van der Waals surface area contributed by atoms with Gasteiger partial charge in [0.25, 0.3) is 11.8 Å². The number of carbonyl (C=O) groups excluding carboxylic acids is 3. The van der Waals surface area contributed by atoms with E-state index in [1.54, 1.807) is 66.7 Å². The maximum absolute atomic E-state index is 12.4. The van der Waals surface area contributed by atoms with Gasteiger partial charge in [-0.25, -0.2) is 10.2 Å². The number of amides is 2. The number of methoxy groups -OCH3 is 1. The van der Waals surface area contributed by atoms with Crippen LogP contribution in [0, 0.1) is 0 Å². The van der Waals surface area contributed by atoms with Crippen molar-refractivity contribution in [3.05, 3.63) is 92.9 Å². The molecular weight excluding hydrogens is 526 g/mol. The molecule has 2 amide bonds. The zero-order valence-electron chi connectivity index (χ0n) is 17.9. The first-order chi connectivity index (χ1) is 16.4. The van der Waals surface area contributed by atoms with E-state index in [1.165, 1.54) is 13.3 Å². The maximum atomic E-state index is 12.4. The highest BCUT2D eigenvalue weighted by molar-refractivity contribution is 9.10. The summed E-state index contributed by atoms with van der Waals surface area (Å²) in [4.78, 5) is 36.4. The molecule has 10 heteroatoms. The normalized spacial score (nSPS) is 10.6. The number of hydrazone groups is 1. The monoisotopic (exact) mass is 543 g/mol. The third-order valence-electron chi connectivity index (χ3n) is 4.40. The molecule has 0 spiro atoms. The Kier molecular flexibility index (Phi) is 8.78. The number of nitrogens with one attached hydrogen (secondary N) is 2. The molecule has 0 heterocycles. The van der Waals surface area contributed by atoms with Crippen LogP contribution >= 0.6 is 27.5 Å². The van der Waals surface area contributed by atoms with Gasteiger partial charge in [-0.1, -0.05) is 23.7 Å². The van der Waals surface area contributed by atoms with Gasteiger partial charge in [0.15, 0.2) is 11.5 Å². The van der Waals surface area contributed by atoms with E-state index < -0.39 is 17.8 Å². The third-order valence-corrected chi connectivity index (χ3v) is 5.35. The molecule has 0 aliphatic rings. The van der Waals surface area contributed by atoms with Crippen LogP contribution < -0.4 is 20.2 Å². The zero-order chi connectivity index (χ0) is 24.5. The lowest BCUT2D eigenvalue weighted by Gasteiger charge is -2.10. The number of hydrogen-bond acceptors (Lipinski definition) is 6. The number of rotatable bonds is 8. The van der Waals surface area contributed by atoms with Crippen LogP contribution in [-0.2, 0) is 4.79 Å². The van der Waals surface area contributed by atoms with Crippen LogP contribution in [0.15, 0.2) is 76.3 Å². The van der Waals surface area contributed by atoms with E-state index in [1.807, 2.05) is 0 Å². The van der Waals surface area contributed by atoms with Crippen LogP contribution in [0.2, 0.25) is 5.02 Å². The Morgan fingerprint density at radius 3 is 2.47 bits per heavy atom. The summed E-state index contributed by atoms with van der Waals surface area (Å²) in [5.41, 5.74) is 3.67. The molecule has 0 bridgehead atoms. The van der Waals surface area contributed by atoms with Crippen molar-refractivity contribution in [3.63, 3.8) is 0 Å². The zero-order valence-corrected chi connectivity index (χ0v) is 20.2. The molecule has 0 aliphatic carbocycles. The fourth-order valence-corrected chi connectivity index (χ4v) is 3.29. The van der Waals surface area contributed by atoms with Crippen molar-refractivity contribution in [1.82, 2.24) is 10.7 Å². The lowest BCUT2D eigenvalue weighted by Crippen LogP contribution is -2.34. The van der Waals surface area contributed by atoms with Gasteiger partial charge in [0.05, 0.1) is 25.4 Å². The first kappa shape index (κ1) is 24.9. The summed E-state index contributed by atoms with van der Waals surface area (Å²) in [5.74, 6) is -0.918. The topological polar surface area (TPSA) is 106 Å². The van der Waals surface area contributed by atoms with E-state index in [-0.39, 0.29) is 12.3 Å². The molecule has 0 unspecified atom stereocenters. The van der Waals surface area contributed by atoms with Crippen molar-refractivity contribution >= 4 is 51.5 Å². The average Bonchev–Trinajstić information content (AvgIpc) is 2.84. The maximum Gasteiger partial charge on any atom is 0.344 e. The Hall–Kier alpha value is -3.69. The molecule has 0 saturated heterocycles. The SMILES string of the molecule is COc1cc(/C=N\NC(=O)CNC(=O)c2ccc(Cl)cc2)ccc1OC(=O)c1ccccc1Br. The predicted molar refractivity (Wildman–Crippen MR) is 132 cm³/mol. The van der Waals surface area contributed by atoms with Crippen LogP contribution in [0.3, 0.4) is 0 Å². The molecule has 0 aromatic heterocycles. The highest BCUT2D eigenvalue weighted by Gasteiger charge is 2.15. The van der Waals surface area contributed by atoms with E-state index in [9.17, 15) is 14.4 Å². The lowest BCUT2D eigenvalue weighted by molar-refractivity contribution is -0.120. The van der Waals surface area contributed by atoms with Crippen LogP contribution in [0.25, 0.3) is 0 Å². The molecule has 34 heavy (non-hydrogen) atoms. The van der Waals surface area contributed by atoms with Gasteiger partial charge in [0.2, 0.25) is 0 Å². The van der Waals surface area contributed by atoms with E-state index in [0.29, 0.717) is 31.9 Å². The van der Waals surface area contributed by atoms with Crippen LogP contribution in [0.4, 0.5) is 0 Å². The Balaban J connectivity index is 1.55. The Labute approximate surface area is 209 Å². The van der Waals surface area contributed by atoms with Crippen molar-refractivity contribution < 1.29 is 23.9 Å². The van der Waals surface area contributed by atoms with E-state index in [4.69, 9.17) is 21.1 Å². The van der Waals surface area contributed by atoms with Crippen molar-refractivity contribution in [2.45, 2.75) is 0 Å². The first-order valence-corrected chi connectivity index (χ1v) is 11.0. The number of carbonyl (C=O) groups is 3. The second-order valence-electron chi connectivity index (χ2n) is 6.76. The minimum absolute atomic E-state index is 0.231. The molecule has 0 saturated carbocycles. The summed E-state index contributed by atoms with van der Waals surface area (Å²) in [6, 6.07) is 18.0. The number of nitrogens with zero attached hydrogens (tertiary/aromatic N) is 1. The predicted octanol–water partition coefficient (Wildman–Crippen LogP) is 4.21. The quantitative estimate of drug-likeness (QED) is 0.191. The van der Waals surface area contributed by atoms with Crippen molar-refractivity contribution in [2.24, 2.45) is 5.10 Å². The fourth-order valence-electron chi connectivity index (χ4n) is 2.71. The minimum Gasteiger partial charge on any atom is -0.493 e. The molecule has 0 aliphatic heterocycles. The van der Waals surface area contributed by atoms with Gasteiger partial charge in [-0.3, -0.25) is 9.59 Å². The van der Waals surface area contributed by atoms with Crippen LogP contribution in [0.1, 0.15) is 26.3 Å². The van der Waals surface area contributed by atoms with Crippen molar-refractivity contribution in [3.8, 4) is 11.5 Å². The van der Waals surface area contributed by atoms with Gasteiger partial charge in [0.1, 0.15) is 0 Å². The molecule has 3 rings (SSSR count). The van der Waals surface area contributed by atoms with Gasteiger partial charge in [-0.15, -0.1) is 0 Å². The number of esters is 1. The summed E-state index contributed by atoms with van der Waals surface area (Å²) in [6.45, 7) is -0.258. The van der Waals surface area contributed by atoms with Gasteiger partial charge < -0.3 is 14.8 Å². The first-order valence-electron chi connectivity index (χ1n) is 9.88. The summed E-state index contributed by atoms with van der Waals surface area (Å²) in [6.07, 6.45) is 1.39. The van der Waals surface area contributed by atoms with Crippen molar-refractivity contribution in [1.29, 1.82) is 0 Å². The van der Waals surface area contributed by atoms with Crippen LogP contribution in [0.5, 0.6) is 11.5 Å². The molecule has 2 N–H and O–H groups in total. The molecule has 8 nitrogen and oxygen atoms in total. The number of ether oxygens (including phenoxy) is 2. The van der Waals surface area contributed by atoms with E-state index in [0.717, 1.165) is 0 Å². The molecule has 174 valence electrons. The van der Waals surface area contributed by atoms with E-state index in [2.05, 4.69) is 31.8 Å². The van der Waals surface area contributed by atoms with Gasteiger partial charge in [-0.2, -0.15) is 5.10 Å². The Morgan fingerprint density at radius 1 is 1.03 bits per heavy atom. The molecule has 0 fully saturated rings. The van der Waals surface area contributed by atoms with Crippen LogP contribution in [-0.4, -0.2) is 37.7 Å². The number of benzene rings is 3. The summed E-state index contributed by atoms with van der Waals surface area (Å²) < 4.78 is 11.4.